The SMILES string of the molecule is CC(NC(=O)c1csc(CN(CCc2c[nH]c3ccccc23)Cc2ccccc2F)n1)c1ccccc1. The van der Waals surface area contributed by atoms with Crippen LogP contribution in [0.2, 0.25) is 0 Å². The maximum Gasteiger partial charge on any atom is 0.271 e. The fraction of sp³-hybridized carbons (Fsp3) is 0.200. The number of hydrogen-bond donors (Lipinski definition) is 2. The Labute approximate surface area is 220 Å². The van der Waals surface area contributed by atoms with Crippen LogP contribution in [0.1, 0.15) is 45.2 Å². The van der Waals surface area contributed by atoms with Crippen LogP contribution in [-0.2, 0) is 19.5 Å². The van der Waals surface area contributed by atoms with E-state index in [1.807, 2.05) is 67.7 Å². The van der Waals surface area contributed by atoms with Crippen LogP contribution in [0, 0.1) is 5.82 Å². The first-order chi connectivity index (χ1) is 18.1. The number of thiazole rings is 1. The number of nitrogens with one attached hydrogen (secondary N) is 2. The highest BCUT2D eigenvalue weighted by Crippen LogP contribution is 2.21. The van der Waals surface area contributed by atoms with Crippen LogP contribution in [0.5, 0.6) is 0 Å². The normalized spacial score (nSPS) is 12.2. The fourth-order valence-corrected chi connectivity index (χ4v) is 5.29. The maximum atomic E-state index is 14.5. The Morgan fingerprint density at radius 3 is 2.59 bits per heavy atom. The molecule has 0 radical (unpaired) electrons. The second-order valence-corrected chi connectivity index (χ2v) is 10.1. The number of H-pyrrole nitrogens is 1. The zero-order valence-electron chi connectivity index (χ0n) is 20.7. The zero-order valence-corrected chi connectivity index (χ0v) is 21.5. The van der Waals surface area contributed by atoms with E-state index in [1.54, 1.807) is 11.4 Å². The predicted octanol–water partition coefficient (Wildman–Crippen LogP) is 6.50. The number of benzene rings is 3. The van der Waals surface area contributed by atoms with Gasteiger partial charge in [0.1, 0.15) is 16.5 Å². The lowest BCUT2D eigenvalue weighted by Gasteiger charge is -2.21. The lowest BCUT2D eigenvalue weighted by atomic mass is 10.1. The molecule has 37 heavy (non-hydrogen) atoms. The molecule has 0 saturated heterocycles. The van der Waals surface area contributed by atoms with Crippen molar-refractivity contribution in [3.8, 4) is 0 Å². The number of hydrogen-bond acceptors (Lipinski definition) is 4. The molecule has 188 valence electrons. The number of rotatable bonds is 10. The van der Waals surface area contributed by atoms with E-state index in [0.717, 1.165) is 29.1 Å². The summed E-state index contributed by atoms with van der Waals surface area (Å²) in [5.74, 6) is -0.410. The Morgan fingerprint density at radius 1 is 1.00 bits per heavy atom. The van der Waals surface area contributed by atoms with E-state index in [1.165, 1.54) is 28.4 Å². The first-order valence-electron chi connectivity index (χ1n) is 12.4. The molecule has 2 heterocycles. The molecule has 0 aliphatic heterocycles. The summed E-state index contributed by atoms with van der Waals surface area (Å²) in [7, 11) is 0. The van der Waals surface area contributed by atoms with E-state index >= 15 is 0 Å². The van der Waals surface area contributed by atoms with Gasteiger partial charge in [-0.3, -0.25) is 9.69 Å². The zero-order chi connectivity index (χ0) is 25.6. The van der Waals surface area contributed by atoms with Gasteiger partial charge in [0.25, 0.3) is 5.91 Å². The van der Waals surface area contributed by atoms with Gasteiger partial charge in [0, 0.05) is 41.1 Å². The number of halogens is 1. The third-order valence-electron chi connectivity index (χ3n) is 6.51. The molecule has 1 amide bonds. The van der Waals surface area contributed by atoms with Crippen LogP contribution in [0.4, 0.5) is 4.39 Å². The smallest absolute Gasteiger partial charge is 0.271 e. The average molecular weight is 513 g/mol. The molecule has 5 rings (SSSR count). The molecular formula is C30H29FN4OS. The summed E-state index contributed by atoms with van der Waals surface area (Å²) in [6, 6.07) is 24.8. The topological polar surface area (TPSA) is 61.0 Å². The van der Waals surface area contributed by atoms with E-state index in [4.69, 9.17) is 0 Å². The summed E-state index contributed by atoms with van der Waals surface area (Å²) in [5, 5.41) is 6.85. The summed E-state index contributed by atoms with van der Waals surface area (Å²) >= 11 is 1.46. The molecule has 5 nitrogen and oxygen atoms in total. The molecule has 0 aliphatic carbocycles. The first-order valence-corrected chi connectivity index (χ1v) is 13.3. The third-order valence-corrected chi connectivity index (χ3v) is 7.35. The minimum Gasteiger partial charge on any atom is -0.361 e. The number of fused-ring (bicyclic) bond motifs is 1. The van der Waals surface area contributed by atoms with Crippen LogP contribution in [0.15, 0.2) is 90.4 Å². The van der Waals surface area contributed by atoms with Gasteiger partial charge >= 0.3 is 0 Å². The number of amides is 1. The van der Waals surface area contributed by atoms with Crippen LogP contribution in [-0.4, -0.2) is 27.3 Å². The fourth-order valence-electron chi connectivity index (χ4n) is 4.47. The van der Waals surface area contributed by atoms with E-state index in [2.05, 4.69) is 32.3 Å². The monoisotopic (exact) mass is 512 g/mol. The summed E-state index contributed by atoms with van der Waals surface area (Å²) in [6.45, 7) is 3.67. The quantitative estimate of drug-likeness (QED) is 0.225. The Bertz CT molecular complexity index is 1480. The molecule has 1 atom stereocenters. The van der Waals surface area contributed by atoms with Crippen molar-refractivity contribution in [2.45, 2.75) is 32.5 Å². The molecule has 0 spiro atoms. The molecule has 0 fully saturated rings. The molecule has 2 N–H and O–H groups in total. The minimum atomic E-state index is -0.214. The van der Waals surface area contributed by atoms with E-state index in [-0.39, 0.29) is 17.8 Å². The van der Waals surface area contributed by atoms with Gasteiger partial charge in [-0.05, 0) is 36.6 Å². The lowest BCUT2D eigenvalue weighted by molar-refractivity contribution is 0.0935. The molecule has 5 aromatic rings. The van der Waals surface area contributed by atoms with Crippen molar-refractivity contribution in [1.82, 2.24) is 20.2 Å². The van der Waals surface area contributed by atoms with Gasteiger partial charge in [0.05, 0.1) is 12.6 Å². The number of para-hydroxylation sites is 1. The predicted molar refractivity (Wildman–Crippen MR) is 147 cm³/mol. The number of carbonyl (C=O) groups excluding carboxylic acids is 1. The maximum absolute atomic E-state index is 14.5. The average Bonchev–Trinajstić information content (AvgIpc) is 3.56. The number of aromatic amines is 1. The molecule has 7 heteroatoms. The van der Waals surface area contributed by atoms with Gasteiger partial charge in [-0.2, -0.15) is 0 Å². The number of carbonyl (C=O) groups is 1. The lowest BCUT2D eigenvalue weighted by Crippen LogP contribution is -2.27. The summed E-state index contributed by atoms with van der Waals surface area (Å²) in [6.07, 6.45) is 2.86. The molecule has 1 unspecified atom stereocenters. The Balaban J connectivity index is 1.29. The van der Waals surface area contributed by atoms with Gasteiger partial charge in [-0.1, -0.05) is 66.7 Å². The van der Waals surface area contributed by atoms with Crippen molar-refractivity contribution in [3.63, 3.8) is 0 Å². The van der Waals surface area contributed by atoms with Crippen molar-refractivity contribution >= 4 is 28.1 Å². The standard InChI is InChI=1S/C30H29FN4OS/c1-21(22-9-3-2-4-10-22)33-30(36)28-20-37-29(34-28)19-35(18-24-11-5-7-13-26(24)31)16-15-23-17-32-27-14-8-6-12-25(23)27/h2-14,17,20-21,32H,15-16,18-19H2,1H3,(H,33,36). The van der Waals surface area contributed by atoms with E-state index in [9.17, 15) is 9.18 Å². The second kappa shape index (κ2) is 11.5. The van der Waals surface area contributed by atoms with Gasteiger partial charge in [0.15, 0.2) is 0 Å². The van der Waals surface area contributed by atoms with Crippen LogP contribution in [0.3, 0.4) is 0 Å². The highest BCUT2D eigenvalue weighted by Gasteiger charge is 2.17. The Kier molecular flexibility index (Phi) is 7.73. The highest BCUT2D eigenvalue weighted by molar-refractivity contribution is 7.09. The largest absolute Gasteiger partial charge is 0.361 e. The van der Waals surface area contributed by atoms with Crippen LogP contribution in [0.25, 0.3) is 10.9 Å². The number of aromatic nitrogens is 2. The molecule has 0 aliphatic rings. The third kappa shape index (κ3) is 6.13. The first kappa shape index (κ1) is 24.9. The molecular weight excluding hydrogens is 483 g/mol. The summed E-state index contributed by atoms with van der Waals surface area (Å²) in [5.41, 5.74) is 4.43. The van der Waals surface area contributed by atoms with Crippen LogP contribution >= 0.6 is 11.3 Å². The van der Waals surface area contributed by atoms with Gasteiger partial charge in [0.2, 0.25) is 0 Å². The minimum absolute atomic E-state index is 0.118. The Hall–Kier alpha value is -3.81. The van der Waals surface area contributed by atoms with Gasteiger partial charge < -0.3 is 10.3 Å². The molecule has 3 aromatic carbocycles. The van der Waals surface area contributed by atoms with Crippen molar-refractivity contribution in [1.29, 1.82) is 0 Å². The van der Waals surface area contributed by atoms with Crippen molar-refractivity contribution in [2.24, 2.45) is 0 Å². The molecule has 0 bridgehead atoms. The van der Waals surface area contributed by atoms with Gasteiger partial charge in [-0.15, -0.1) is 11.3 Å². The van der Waals surface area contributed by atoms with Crippen molar-refractivity contribution in [3.05, 3.63) is 124 Å². The molecule has 2 aromatic heterocycles. The molecule has 0 saturated carbocycles. The van der Waals surface area contributed by atoms with Gasteiger partial charge in [-0.25, -0.2) is 9.37 Å². The summed E-state index contributed by atoms with van der Waals surface area (Å²) < 4.78 is 14.5. The van der Waals surface area contributed by atoms with Crippen molar-refractivity contribution in [2.75, 3.05) is 6.54 Å². The number of nitrogens with zero attached hydrogens (tertiary/aromatic N) is 2. The second-order valence-electron chi connectivity index (χ2n) is 9.14. The van der Waals surface area contributed by atoms with Crippen LogP contribution < -0.4 is 5.32 Å². The Morgan fingerprint density at radius 2 is 1.76 bits per heavy atom. The van der Waals surface area contributed by atoms with E-state index in [0.29, 0.717) is 24.3 Å². The summed E-state index contributed by atoms with van der Waals surface area (Å²) in [4.78, 5) is 23.0. The highest BCUT2D eigenvalue weighted by atomic mass is 32.1. The van der Waals surface area contributed by atoms with E-state index < -0.39 is 0 Å². The van der Waals surface area contributed by atoms with Crippen molar-refractivity contribution < 1.29 is 9.18 Å².